The van der Waals surface area contributed by atoms with Crippen LogP contribution in [0.3, 0.4) is 0 Å². The van der Waals surface area contributed by atoms with Crippen LogP contribution in [0, 0.1) is 0 Å². The Morgan fingerprint density at radius 2 is 0.717 bits per heavy atom. The Bertz CT molecular complexity index is 4870. The highest BCUT2D eigenvalue weighted by Gasteiger charge is 2.34. The summed E-state index contributed by atoms with van der Waals surface area (Å²) in [7, 11) is 0. The fourth-order valence-electron chi connectivity index (χ4n) is 16.9. The smallest absolute Gasteiger partial charge is 0.0561 e. The fraction of sp³-hybridized carbons (Fsp3) is 0.273. The quantitative estimate of drug-likeness (QED) is 0.101. The molecule has 2 aliphatic rings. The first-order valence-electron chi connectivity index (χ1n) is 34.5. The number of fused-ring (bicyclic) bond motifs is 8. The second-order valence-corrected chi connectivity index (χ2v) is 29.0. The first-order valence-corrected chi connectivity index (χ1v) is 34.5. The number of benzene rings is 12. The second kappa shape index (κ2) is 22.3. The standard InChI is InChI=1S/C88H86N4/c1-11-87(7,8)75-31-19-23-35-79(75)91-77-33-21-17-29-65(77)67-43-41-63(51-81(67)91)89(61-39-37-57-25-13-15-27-59(57)49-61)83-53-73(55(3)4)69-46-48-72-84(54-74(56(5)6)70-45-47-71(83)85(69)86(70)72)90(62-40-38-58-26-14-16-28-60(58)50-62)64-42-44-68-66-30-18-22-34-78(66)92(82(68)52-64)80-36-24-20-32-76(80)88(9,10)12-2/h13-36,41-48,51-56,61-62H,11-12,37-40,49-50H2,1-10H3. The zero-order valence-corrected chi connectivity index (χ0v) is 55.5. The van der Waals surface area contributed by atoms with Crippen molar-refractivity contribution in [3.05, 3.63) is 263 Å². The van der Waals surface area contributed by atoms with Crippen LogP contribution < -0.4 is 9.80 Å². The summed E-state index contributed by atoms with van der Waals surface area (Å²) in [6.07, 6.45) is 8.21. The summed E-state index contributed by atoms with van der Waals surface area (Å²) >= 11 is 0. The van der Waals surface area contributed by atoms with E-state index < -0.39 is 0 Å². The summed E-state index contributed by atoms with van der Waals surface area (Å²) in [6.45, 7) is 24.0. The average Bonchev–Trinajstić information content (AvgIpc) is 0.730. The Labute approximate surface area is 544 Å². The van der Waals surface area contributed by atoms with E-state index in [1.165, 1.54) is 155 Å². The van der Waals surface area contributed by atoms with Gasteiger partial charge in [-0.3, -0.25) is 0 Å². The Kier molecular flexibility index (Phi) is 14.1. The van der Waals surface area contributed by atoms with Gasteiger partial charge >= 0.3 is 0 Å². The van der Waals surface area contributed by atoms with E-state index in [1.54, 1.807) is 0 Å². The predicted octanol–water partition coefficient (Wildman–Crippen LogP) is 23.8. The lowest BCUT2D eigenvalue weighted by Crippen LogP contribution is -2.36. The molecule has 16 rings (SSSR count). The highest BCUT2D eigenvalue weighted by atomic mass is 15.2. The normalized spacial score (nSPS) is 15.5. The van der Waals surface area contributed by atoms with Gasteiger partial charge < -0.3 is 18.9 Å². The van der Waals surface area contributed by atoms with E-state index >= 15 is 0 Å². The molecule has 0 spiro atoms. The van der Waals surface area contributed by atoms with Crippen LogP contribution in [0.5, 0.6) is 0 Å². The Morgan fingerprint density at radius 3 is 1.13 bits per heavy atom. The molecule has 2 atom stereocenters. The summed E-state index contributed by atoms with van der Waals surface area (Å²) in [5, 5.41) is 13.3. The number of anilines is 4. The molecule has 4 heteroatoms. The minimum absolute atomic E-state index is 0.0239. The largest absolute Gasteiger partial charge is 0.337 e. The van der Waals surface area contributed by atoms with Gasteiger partial charge in [0.05, 0.1) is 22.1 Å². The summed E-state index contributed by atoms with van der Waals surface area (Å²) < 4.78 is 5.18. The molecule has 12 aromatic carbocycles. The topological polar surface area (TPSA) is 16.3 Å². The average molecular weight is 1200 g/mol. The van der Waals surface area contributed by atoms with Gasteiger partial charge in [0.25, 0.3) is 0 Å². The van der Waals surface area contributed by atoms with E-state index in [0.717, 1.165) is 51.4 Å². The predicted molar refractivity (Wildman–Crippen MR) is 395 cm³/mol. The molecule has 0 saturated carbocycles. The van der Waals surface area contributed by atoms with Crippen LogP contribution >= 0.6 is 0 Å². The van der Waals surface area contributed by atoms with E-state index in [2.05, 4.69) is 307 Å². The van der Waals surface area contributed by atoms with Crippen LogP contribution in [-0.4, -0.2) is 21.2 Å². The van der Waals surface area contributed by atoms with Gasteiger partial charge in [-0.1, -0.05) is 227 Å². The van der Waals surface area contributed by atoms with Crippen molar-refractivity contribution in [2.24, 2.45) is 0 Å². The number of aromatic nitrogens is 2. The molecule has 0 N–H and O–H groups in total. The first kappa shape index (κ1) is 58.0. The molecule has 2 aliphatic carbocycles. The number of hydrogen-bond donors (Lipinski definition) is 0. The molecule has 458 valence electrons. The van der Waals surface area contributed by atoms with Gasteiger partial charge in [-0.25, -0.2) is 0 Å². The number of hydrogen-bond acceptors (Lipinski definition) is 2. The van der Waals surface area contributed by atoms with Gasteiger partial charge in [-0.2, -0.15) is 0 Å². The molecule has 0 saturated heterocycles. The van der Waals surface area contributed by atoms with Crippen molar-refractivity contribution < 1.29 is 0 Å². The summed E-state index contributed by atoms with van der Waals surface area (Å²) in [6, 6.07) is 85.7. The van der Waals surface area contributed by atoms with Crippen molar-refractivity contribution in [2.75, 3.05) is 9.80 Å². The van der Waals surface area contributed by atoms with E-state index in [9.17, 15) is 0 Å². The number of rotatable bonds is 14. The van der Waals surface area contributed by atoms with E-state index in [1.807, 2.05) is 0 Å². The van der Waals surface area contributed by atoms with Crippen molar-refractivity contribution in [2.45, 2.75) is 155 Å². The molecule has 2 heterocycles. The monoisotopic (exact) mass is 1200 g/mol. The van der Waals surface area contributed by atoms with Crippen LogP contribution in [0.4, 0.5) is 22.7 Å². The number of para-hydroxylation sites is 4. The number of nitrogens with zero attached hydrogens (tertiary/aromatic N) is 4. The van der Waals surface area contributed by atoms with Gasteiger partial charge in [0.15, 0.2) is 0 Å². The van der Waals surface area contributed by atoms with Crippen LogP contribution in [0.1, 0.15) is 151 Å². The molecule has 0 aliphatic heterocycles. The van der Waals surface area contributed by atoms with Gasteiger partial charge in [0.1, 0.15) is 0 Å². The molecule has 92 heavy (non-hydrogen) atoms. The maximum Gasteiger partial charge on any atom is 0.0561 e. The van der Waals surface area contributed by atoms with Gasteiger partial charge in [-0.15, -0.1) is 0 Å². The van der Waals surface area contributed by atoms with Crippen LogP contribution in [0.2, 0.25) is 0 Å². The molecule has 0 amide bonds. The number of aryl methyl sites for hydroxylation is 2. The molecule has 14 aromatic rings. The molecular formula is C88H86N4. The van der Waals surface area contributed by atoms with Gasteiger partial charge in [0.2, 0.25) is 0 Å². The first-order chi connectivity index (χ1) is 44.7. The molecular weight excluding hydrogens is 1110 g/mol. The summed E-state index contributed by atoms with van der Waals surface area (Å²) in [5.41, 5.74) is 24.0. The zero-order chi connectivity index (χ0) is 62.9. The lowest BCUT2D eigenvalue weighted by Gasteiger charge is -2.39. The molecule has 0 bridgehead atoms. The molecule has 2 unspecified atom stereocenters. The third-order valence-electron chi connectivity index (χ3n) is 22.4. The minimum atomic E-state index is -0.0239. The Hall–Kier alpha value is -9.12. The third kappa shape index (κ3) is 9.20. The second-order valence-electron chi connectivity index (χ2n) is 29.0. The SMILES string of the molecule is CCC(C)(C)c1ccccc1-n1c2ccccc2c2ccc(N(c3cc(C(C)C)c4ccc5c(N(c6ccc7c8ccccc8n(-c8ccccc8C(C)(C)CC)c7c6)C6CCc7ccccc7C6)cc(C(C)C)c6ccc3c4c65)C3CCc4ccccc4C3)cc21. The van der Waals surface area contributed by atoms with Crippen LogP contribution in [-0.2, 0) is 36.5 Å². The minimum Gasteiger partial charge on any atom is -0.337 e. The Balaban J connectivity index is 0.968. The van der Waals surface area contributed by atoms with Crippen molar-refractivity contribution in [3.8, 4) is 11.4 Å². The van der Waals surface area contributed by atoms with Crippen LogP contribution in [0.25, 0.3) is 87.3 Å². The third-order valence-corrected chi connectivity index (χ3v) is 22.4. The molecule has 0 fully saturated rings. The lowest BCUT2D eigenvalue weighted by molar-refractivity contribution is 0.504. The van der Waals surface area contributed by atoms with Crippen molar-refractivity contribution in [3.63, 3.8) is 0 Å². The van der Waals surface area contributed by atoms with Crippen LogP contribution in [0.15, 0.2) is 218 Å². The molecule has 4 nitrogen and oxygen atoms in total. The van der Waals surface area contributed by atoms with E-state index in [-0.39, 0.29) is 34.7 Å². The maximum atomic E-state index is 2.82. The zero-order valence-electron chi connectivity index (χ0n) is 55.5. The van der Waals surface area contributed by atoms with E-state index in [0.29, 0.717) is 0 Å². The molecule has 2 aromatic heterocycles. The maximum absolute atomic E-state index is 2.82. The summed E-state index contributed by atoms with van der Waals surface area (Å²) in [5.74, 6) is 0.537. The highest BCUT2D eigenvalue weighted by molar-refractivity contribution is 6.29. The van der Waals surface area contributed by atoms with Gasteiger partial charge in [-0.05, 0) is 201 Å². The summed E-state index contributed by atoms with van der Waals surface area (Å²) in [4.78, 5) is 5.64. The Morgan fingerprint density at radius 1 is 0.370 bits per heavy atom. The lowest BCUT2D eigenvalue weighted by atomic mass is 9.81. The van der Waals surface area contributed by atoms with Crippen molar-refractivity contribution >= 4 is 98.7 Å². The molecule has 0 radical (unpaired) electrons. The highest BCUT2D eigenvalue weighted by Crippen LogP contribution is 2.52. The van der Waals surface area contributed by atoms with Gasteiger partial charge in [0, 0.05) is 78.5 Å². The van der Waals surface area contributed by atoms with E-state index in [4.69, 9.17) is 0 Å². The fourth-order valence-corrected chi connectivity index (χ4v) is 16.9. The van der Waals surface area contributed by atoms with Crippen molar-refractivity contribution in [1.29, 1.82) is 0 Å². The van der Waals surface area contributed by atoms with Crippen molar-refractivity contribution in [1.82, 2.24) is 9.13 Å².